The predicted molar refractivity (Wildman–Crippen MR) is 254 cm³/mol. The fraction of sp³-hybridized carbons (Fsp3) is 0. The largest absolute Gasteiger partial charge is 0.310 e. The lowest BCUT2D eigenvalue weighted by molar-refractivity contribution is 1.18. The van der Waals surface area contributed by atoms with Crippen molar-refractivity contribution >= 4 is 89.2 Å². The summed E-state index contributed by atoms with van der Waals surface area (Å²) in [5.41, 5.74) is 6.86. The molecule has 0 fully saturated rings. The van der Waals surface area contributed by atoms with Crippen LogP contribution in [0.4, 0.5) is 17.1 Å². The SMILES string of the molecule is c1ccc(-n2c3ccc(N(c4ccc5ccccc5c4)c4ccc5ccccc5c4)cc3c3cc([Si](c4ccccc4)(c4ccccc4)c4ccccc4)ccc32)cc1. The highest BCUT2D eigenvalue weighted by Gasteiger charge is 2.41. The molecule has 0 bridgehead atoms. The summed E-state index contributed by atoms with van der Waals surface area (Å²) in [4.78, 5) is 2.42. The second kappa shape index (κ2) is 14.5. The first-order valence-corrected chi connectivity index (χ1v) is 22.3. The van der Waals surface area contributed by atoms with E-state index in [9.17, 15) is 0 Å². The highest BCUT2D eigenvalue weighted by molar-refractivity contribution is 7.20. The number of fused-ring (bicyclic) bond motifs is 5. The van der Waals surface area contributed by atoms with Crippen LogP contribution in [0, 0.1) is 0 Å². The van der Waals surface area contributed by atoms with Crippen molar-refractivity contribution in [2.45, 2.75) is 0 Å². The lowest BCUT2D eigenvalue weighted by Crippen LogP contribution is -2.74. The molecule has 0 amide bonds. The monoisotopic (exact) mass is 768 g/mol. The molecule has 11 aromatic rings. The molecular formula is C56H40N2Si. The van der Waals surface area contributed by atoms with Crippen LogP contribution in [0.1, 0.15) is 0 Å². The zero-order valence-corrected chi connectivity index (χ0v) is 33.5. The van der Waals surface area contributed by atoms with Crippen LogP contribution in [0.2, 0.25) is 0 Å². The molecule has 3 heteroatoms. The third kappa shape index (κ3) is 5.86. The summed E-state index contributed by atoms with van der Waals surface area (Å²) >= 11 is 0. The highest BCUT2D eigenvalue weighted by Crippen LogP contribution is 2.41. The fourth-order valence-corrected chi connectivity index (χ4v) is 14.2. The maximum absolute atomic E-state index is 2.79. The molecule has 10 aromatic carbocycles. The first-order chi connectivity index (χ1) is 29.3. The van der Waals surface area contributed by atoms with Gasteiger partial charge in [0.1, 0.15) is 0 Å². The van der Waals surface area contributed by atoms with E-state index in [1.54, 1.807) is 0 Å². The molecule has 0 saturated heterocycles. The van der Waals surface area contributed by atoms with Gasteiger partial charge in [0, 0.05) is 33.5 Å². The number of benzene rings is 10. The van der Waals surface area contributed by atoms with Crippen LogP contribution in [0.3, 0.4) is 0 Å². The molecule has 0 N–H and O–H groups in total. The summed E-state index contributed by atoms with van der Waals surface area (Å²) in [5.74, 6) is 0. The molecule has 0 aliphatic carbocycles. The third-order valence-corrected chi connectivity index (χ3v) is 16.8. The molecule has 0 aliphatic rings. The number of nitrogens with zero attached hydrogens (tertiary/aromatic N) is 2. The van der Waals surface area contributed by atoms with E-state index >= 15 is 0 Å². The molecule has 0 spiro atoms. The lowest BCUT2D eigenvalue weighted by atomic mass is 10.1. The first kappa shape index (κ1) is 34.8. The summed E-state index contributed by atoms with van der Waals surface area (Å²) in [7, 11) is -2.79. The van der Waals surface area contributed by atoms with E-state index < -0.39 is 8.07 Å². The summed E-state index contributed by atoms with van der Waals surface area (Å²) < 4.78 is 2.44. The molecule has 1 aromatic heterocycles. The average molecular weight is 769 g/mol. The van der Waals surface area contributed by atoms with E-state index in [1.165, 1.54) is 64.1 Å². The molecule has 278 valence electrons. The molecule has 0 unspecified atom stereocenters. The maximum atomic E-state index is 2.52. The molecule has 0 atom stereocenters. The van der Waals surface area contributed by atoms with Crippen molar-refractivity contribution in [2.24, 2.45) is 0 Å². The Labute approximate surface area is 345 Å². The van der Waals surface area contributed by atoms with Gasteiger partial charge in [-0.2, -0.15) is 0 Å². The Morgan fingerprint density at radius 3 is 1.19 bits per heavy atom. The minimum absolute atomic E-state index is 1.11. The molecular weight excluding hydrogens is 729 g/mol. The average Bonchev–Trinajstić information content (AvgIpc) is 3.64. The van der Waals surface area contributed by atoms with Crippen LogP contribution in [0.25, 0.3) is 49.0 Å². The Hall–Kier alpha value is -7.46. The Morgan fingerprint density at radius 1 is 0.288 bits per heavy atom. The van der Waals surface area contributed by atoms with Gasteiger partial charge in [0.15, 0.2) is 8.07 Å². The maximum Gasteiger partial charge on any atom is 0.179 e. The lowest BCUT2D eigenvalue weighted by Gasteiger charge is -2.34. The Bertz CT molecular complexity index is 3090. The fourth-order valence-electron chi connectivity index (χ4n) is 9.38. The van der Waals surface area contributed by atoms with Crippen molar-refractivity contribution in [2.75, 3.05) is 4.90 Å². The van der Waals surface area contributed by atoms with Gasteiger partial charge in [-0.05, 0) is 103 Å². The number of hydrogen-bond acceptors (Lipinski definition) is 1. The zero-order chi connectivity index (χ0) is 39.2. The number of hydrogen-bond donors (Lipinski definition) is 0. The van der Waals surface area contributed by atoms with Crippen LogP contribution in [0.5, 0.6) is 0 Å². The van der Waals surface area contributed by atoms with Gasteiger partial charge in [-0.1, -0.05) is 182 Å². The van der Waals surface area contributed by atoms with Crippen molar-refractivity contribution in [1.82, 2.24) is 4.57 Å². The van der Waals surface area contributed by atoms with Crippen LogP contribution in [-0.2, 0) is 0 Å². The second-order valence-electron chi connectivity index (χ2n) is 15.4. The third-order valence-electron chi connectivity index (χ3n) is 12.1. The van der Waals surface area contributed by atoms with Gasteiger partial charge in [-0.25, -0.2) is 0 Å². The van der Waals surface area contributed by atoms with Gasteiger partial charge in [0.25, 0.3) is 0 Å². The Kier molecular flexibility index (Phi) is 8.53. The van der Waals surface area contributed by atoms with Crippen LogP contribution >= 0.6 is 0 Å². The van der Waals surface area contributed by atoms with Gasteiger partial charge >= 0.3 is 0 Å². The minimum atomic E-state index is -2.79. The van der Waals surface area contributed by atoms with Gasteiger partial charge in [-0.3, -0.25) is 0 Å². The number of aromatic nitrogens is 1. The van der Waals surface area contributed by atoms with Crippen molar-refractivity contribution < 1.29 is 0 Å². The van der Waals surface area contributed by atoms with Crippen LogP contribution in [0.15, 0.2) is 243 Å². The normalized spacial score (nSPS) is 11.7. The van der Waals surface area contributed by atoms with E-state index in [0.29, 0.717) is 0 Å². The highest BCUT2D eigenvalue weighted by atomic mass is 28.3. The smallest absolute Gasteiger partial charge is 0.179 e. The predicted octanol–water partition coefficient (Wildman–Crippen LogP) is 11.9. The number of rotatable bonds is 8. The summed E-state index contributed by atoms with van der Waals surface area (Å²) in [6.45, 7) is 0. The van der Waals surface area contributed by atoms with Gasteiger partial charge in [0.05, 0.1) is 11.0 Å². The summed E-state index contributed by atoms with van der Waals surface area (Å²) in [6, 6.07) is 89.7. The van der Waals surface area contributed by atoms with Crippen molar-refractivity contribution in [3.05, 3.63) is 243 Å². The van der Waals surface area contributed by atoms with E-state index in [2.05, 4.69) is 252 Å². The summed E-state index contributed by atoms with van der Waals surface area (Å²) in [6.07, 6.45) is 0. The second-order valence-corrected chi connectivity index (χ2v) is 19.2. The van der Waals surface area contributed by atoms with Gasteiger partial charge in [0.2, 0.25) is 0 Å². The van der Waals surface area contributed by atoms with E-state index in [1.807, 2.05) is 0 Å². The van der Waals surface area contributed by atoms with Crippen LogP contribution < -0.4 is 25.6 Å². The van der Waals surface area contributed by atoms with Crippen molar-refractivity contribution in [1.29, 1.82) is 0 Å². The quantitative estimate of drug-likeness (QED) is 0.110. The van der Waals surface area contributed by atoms with Gasteiger partial charge in [-0.15, -0.1) is 0 Å². The molecule has 0 radical (unpaired) electrons. The topological polar surface area (TPSA) is 8.17 Å². The van der Waals surface area contributed by atoms with Crippen LogP contribution in [-0.4, -0.2) is 12.6 Å². The van der Waals surface area contributed by atoms with Crippen molar-refractivity contribution in [3.8, 4) is 5.69 Å². The molecule has 11 rings (SSSR count). The van der Waals surface area contributed by atoms with Gasteiger partial charge < -0.3 is 9.47 Å². The zero-order valence-electron chi connectivity index (χ0n) is 32.5. The first-order valence-electron chi connectivity index (χ1n) is 20.3. The van der Waals surface area contributed by atoms with E-state index in [0.717, 1.165) is 22.7 Å². The summed E-state index contributed by atoms with van der Waals surface area (Å²) in [5, 5.41) is 12.8. The molecule has 1 heterocycles. The standard InChI is InChI=1S/C56H40N2Si/c1-5-21-45(22-6-1)58-55-35-33-48(57(46-31-29-41-17-13-15-19-43(41)37-46)47-32-30-42-18-14-16-20-44(42)38-47)39-53(55)54-40-52(34-36-56(54)58)59(49-23-7-2-8-24-49,50-25-9-3-10-26-50)51-27-11-4-12-28-51/h1-40H. The van der Waals surface area contributed by atoms with E-state index in [4.69, 9.17) is 0 Å². The molecule has 0 aliphatic heterocycles. The molecule has 59 heavy (non-hydrogen) atoms. The number of anilines is 3. The molecule has 0 saturated carbocycles. The molecule has 2 nitrogen and oxygen atoms in total. The van der Waals surface area contributed by atoms with Crippen molar-refractivity contribution in [3.63, 3.8) is 0 Å². The number of para-hydroxylation sites is 1. The minimum Gasteiger partial charge on any atom is -0.310 e. The Balaban J connectivity index is 1.21. The Morgan fingerprint density at radius 2 is 0.678 bits per heavy atom. The van der Waals surface area contributed by atoms with E-state index in [-0.39, 0.29) is 0 Å².